The first kappa shape index (κ1) is 16.9. The number of urea groups is 1. The van der Waals surface area contributed by atoms with Crippen LogP contribution in [0.5, 0.6) is 11.5 Å². The molecule has 1 saturated heterocycles. The van der Waals surface area contributed by atoms with Crippen molar-refractivity contribution in [3.63, 3.8) is 0 Å². The van der Waals surface area contributed by atoms with E-state index in [4.69, 9.17) is 14.2 Å². The van der Waals surface area contributed by atoms with Gasteiger partial charge in [-0.05, 0) is 31.0 Å². The van der Waals surface area contributed by atoms with Crippen LogP contribution in [0.1, 0.15) is 12.5 Å². The summed E-state index contributed by atoms with van der Waals surface area (Å²) >= 11 is 0. The van der Waals surface area contributed by atoms with Crippen molar-refractivity contribution in [1.82, 2.24) is 15.5 Å². The molecule has 2 aliphatic rings. The summed E-state index contributed by atoms with van der Waals surface area (Å²) in [5.41, 5.74) is 1.11. The molecule has 0 aliphatic carbocycles. The summed E-state index contributed by atoms with van der Waals surface area (Å²) in [6.07, 6.45) is 0.753. The highest BCUT2D eigenvalue weighted by atomic mass is 16.7. The van der Waals surface area contributed by atoms with E-state index in [0.717, 1.165) is 49.8 Å². The second-order valence-electron chi connectivity index (χ2n) is 6.07. The van der Waals surface area contributed by atoms with Gasteiger partial charge in [-0.15, -0.1) is 0 Å². The number of carbonyl (C=O) groups is 1. The Morgan fingerprint density at radius 2 is 2.00 bits per heavy atom. The molecule has 2 aliphatic heterocycles. The number of benzene rings is 1. The van der Waals surface area contributed by atoms with Crippen LogP contribution in [0.3, 0.4) is 0 Å². The summed E-state index contributed by atoms with van der Waals surface area (Å²) in [6, 6.07) is 6.04. The van der Waals surface area contributed by atoms with Crippen molar-refractivity contribution in [1.29, 1.82) is 0 Å². The lowest BCUT2D eigenvalue weighted by molar-refractivity contribution is 0.0209. The van der Waals surface area contributed by atoms with E-state index in [0.29, 0.717) is 19.1 Å². The lowest BCUT2D eigenvalue weighted by Crippen LogP contribution is -2.49. The topological polar surface area (TPSA) is 72.1 Å². The quantitative estimate of drug-likeness (QED) is 0.811. The molecule has 7 nitrogen and oxygen atoms in total. The Labute approximate surface area is 142 Å². The largest absolute Gasteiger partial charge is 0.454 e. The Morgan fingerprint density at radius 1 is 1.21 bits per heavy atom. The Balaban J connectivity index is 1.33. The van der Waals surface area contributed by atoms with Crippen LogP contribution in [0.25, 0.3) is 0 Å². The molecule has 2 heterocycles. The summed E-state index contributed by atoms with van der Waals surface area (Å²) < 4.78 is 16.0. The minimum atomic E-state index is -0.129. The number of hydrogen-bond acceptors (Lipinski definition) is 5. The average Bonchev–Trinajstić information content (AvgIpc) is 3.08. The molecule has 0 saturated carbocycles. The summed E-state index contributed by atoms with van der Waals surface area (Å²) in [4.78, 5) is 14.2. The van der Waals surface area contributed by atoms with Crippen LogP contribution in [0.4, 0.5) is 4.79 Å². The van der Waals surface area contributed by atoms with Crippen molar-refractivity contribution in [3.8, 4) is 11.5 Å². The smallest absolute Gasteiger partial charge is 0.314 e. The van der Waals surface area contributed by atoms with Crippen molar-refractivity contribution < 1.29 is 19.0 Å². The number of morpholine rings is 1. The molecule has 132 valence electrons. The van der Waals surface area contributed by atoms with Crippen LogP contribution < -0.4 is 20.1 Å². The molecule has 2 N–H and O–H groups in total. The van der Waals surface area contributed by atoms with Gasteiger partial charge in [0, 0.05) is 32.2 Å². The van der Waals surface area contributed by atoms with Crippen molar-refractivity contribution in [2.24, 2.45) is 0 Å². The maximum atomic E-state index is 11.9. The van der Waals surface area contributed by atoms with Gasteiger partial charge in [-0.3, -0.25) is 4.90 Å². The van der Waals surface area contributed by atoms with Crippen LogP contribution in [-0.2, 0) is 11.2 Å². The van der Waals surface area contributed by atoms with E-state index >= 15 is 0 Å². The molecule has 1 aromatic rings. The second-order valence-corrected chi connectivity index (χ2v) is 6.07. The van der Waals surface area contributed by atoms with Gasteiger partial charge in [0.2, 0.25) is 6.79 Å². The van der Waals surface area contributed by atoms with Gasteiger partial charge in [0.1, 0.15) is 0 Å². The van der Waals surface area contributed by atoms with E-state index < -0.39 is 0 Å². The van der Waals surface area contributed by atoms with Crippen molar-refractivity contribution in [2.45, 2.75) is 19.4 Å². The molecule has 0 radical (unpaired) electrons. The first-order chi connectivity index (χ1) is 11.7. The third-order valence-corrected chi connectivity index (χ3v) is 4.36. The van der Waals surface area contributed by atoms with Crippen LogP contribution in [0.15, 0.2) is 18.2 Å². The van der Waals surface area contributed by atoms with E-state index in [2.05, 4.69) is 22.5 Å². The van der Waals surface area contributed by atoms with Gasteiger partial charge in [0.15, 0.2) is 11.5 Å². The highest BCUT2D eigenvalue weighted by molar-refractivity contribution is 5.73. The summed E-state index contributed by atoms with van der Waals surface area (Å²) in [6.45, 7) is 7.01. The lowest BCUT2D eigenvalue weighted by atomic mass is 10.1. The molecule has 3 rings (SSSR count). The van der Waals surface area contributed by atoms with Crippen molar-refractivity contribution in [3.05, 3.63) is 23.8 Å². The second kappa shape index (κ2) is 8.21. The Morgan fingerprint density at radius 3 is 2.83 bits per heavy atom. The normalized spacial score (nSPS) is 18.2. The van der Waals surface area contributed by atoms with Gasteiger partial charge in [-0.1, -0.05) is 6.07 Å². The average molecular weight is 335 g/mol. The molecule has 1 atom stereocenters. The number of hydrogen-bond donors (Lipinski definition) is 2. The zero-order valence-corrected chi connectivity index (χ0v) is 14.0. The highest BCUT2D eigenvalue weighted by Crippen LogP contribution is 2.32. The molecule has 24 heavy (non-hydrogen) atoms. The number of fused-ring (bicyclic) bond motifs is 1. The van der Waals surface area contributed by atoms with E-state index in [9.17, 15) is 4.79 Å². The zero-order valence-electron chi connectivity index (χ0n) is 14.0. The van der Waals surface area contributed by atoms with Crippen molar-refractivity contribution in [2.75, 3.05) is 46.2 Å². The first-order valence-electron chi connectivity index (χ1n) is 8.44. The summed E-state index contributed by atoms with van der Waals surface area (Å²) in [5.74, 6) is 1.55. The molecule has 0 spiro atoms. The SMILES string of the molecule is CC(CNC(=O)NCCc1ccc2c(c1)OCO2)N1CCOCC1. The van der Waals surface area contributed by atoms with Crippen LogP contribution in [0, 0.1) is 0 Å². The fourth-order valence-corrected chi connectivity index (χ4v) is 2.87. The molecule has 1 unspecified atom stereocenters. The standard InChI is InChI=1S/C17H25N3O4/c1-13(20-6-8-22-9-7-20)11-19-17(21)18-5-4-14-2-3-15-16(10-14)24-12-23-15/h2-3,10,13H,4-9,11-12H2,1H3,(H2,18,19,21). The number of carbonyl (C=O) groups excluding carboxylic acids is 1. The van der Waals surface area contributed by atoms with Crippen LogP contribution in [-0.4, -0.2) is 63.2 Å². The molecular formula is C17H25N3O4. The minimum Gasteiger partial charge on any atom is -0.454 e. The fourth-order valence-electron chi connectivity index (χ4n) is 2.87. The predicted molar refractivity (Wildman–Crippen MR) is 89.5 cm³/mol. The van der Waals surface area contributed by atoms with E-state index in [1.165, 1.54) is 0 Å². The zero-order chi connectivity index (χ0) is 16.8. The van der Waals surface area contributed by atoms with Gasteiger partial charge in [0.25, 0.3) is 0 Å². The number of nitrogens with one attached hydrogen (secondary N) is 2. The Bertz CT molecular complexity index is 561. The van der Waals surface area contributed by atoms with Crippen LogP contribution in [0.2, 0.25) is 0 Å². The van der Waals surface area contributed by atoms with Gasteiger partial charge in [0.05, 0.1) is 13.2 Å². The monoisotopic (exact) mass is 335 g/mol. The molecular weight excluding hydrogens is 310 g/mol. The number of nitrogens with zero attached hydrogens (tertiary/aromatic N) is 1. The molecule has 2 amide bonds. The molecule has 1 fully saturated rings. The van der Waals surface area contributed by atoms with Gasteiger partial charge < -0.3 is 24.8 Å². The van der Waals surface area contributed by atoms with Gasteiger partial charge >= 0.3 is 6.03 Å². The summed E-state index contributed by atoms with van der Waals surface area (Å²) in [7, 11) is 0. The minimum absolute atomic E-state index is 0.129. The Kier molecular flexibility index (Phi) is 5.77. The highest BCUT2D eigenvalue weighted by Gasteiger charge is 2.17. The third-order valence-electron chi connectivity index (χ3n) is 4.36. The van der Waals surface area contributed by atoms with Gasteiger partial charge in [-0.25, -0.2) is 4.79 Å². The van der Waals surface area contributed by atoms with Crippen molar-refractivity contribution >= 4 is 6.03 Å². The first-order valence-corrected chi connectivity index (χ1v) is 8.44. The van der Waals surface area contributed by atoms with E-state index in [1.54, 1.807) is 0 Å². The number of ether oxygens (including phenoxy) is 3. The molecule has 1 aromatic carbocycles. The van der Waals surface area contributed by atoms with Gasteiger partial charge in [-0.2, -0.15) is 0 Å². The molecule has 0 aromatic heterocycles. The fraction of sp³-hybridized carbons (Fsp3) is 0.588. The lowest BCUT2D eigenvalue weighted by Gasteiger charge is -2.32. The van der Waals surface area contributed by atoms with Crippen LogP contribution >= 0.6 is 0 Å². The maximum absolute atomic E-state index is 11.9. The summed E-state index contributed by atoms with van der Waals surface area (Å²) in [5, 5.41) is 5.82. The Hall–Kier alpha value is -1.99. The molecule has 0 bridgehead atoms. The number of rotatable bonds is 6. The number of amides is 2. The van der Waals surface area contributed by atoms with E-state index in [-0.39, 0.29) is 12.8 Å². The third kappa shape index (κ3) is 4.52. The maximum Gasteiger partial charge on any atom is 0.314 e. The molecule has 7 heteroatoms. The predicted octanol–water partition coefficient (Wildman–Crippen LogP) is 0.978. The van der Waals surface area contributed by atoms with E-state index in [1.807, 2.05) is 18.2 Å².